The van der Waals surface area contributed by atoms with Crippen LogP contribution in [0.3, 0.4) is 0 Å². The minimum Gasteiger partial charge on any atom is -0.135 e. The van der Waals surface area contributed by atoms with Gasteiger partial charge in [0.2, 0.25) is 0 Å². The van der Waals surface area contributed by atoms with Gasteiger partial charge in [0.1, 0.15) is 0 Å². The first-order valence-electron chi connectivity index (χ1n) is 13.6. The van der Waals surface area contributed by atoms with E-state index < -0.39 is 0 Å². The largest absolute Gasteiger partial charge is 0.135 e. The first kappa shape index (κ1) is 22.3. The van der Waals surface area contributed by atoms with Crippen LogP contribution in [-0.4, -0.2) is 0 Å². The Morgan fingerprint density at radius 2 is 0.775 bits per heavy atom. The maximum Gasteiger partial charge on any atom is 0.0433 e. The molecular weight excluding hydrogens is 521 g/mol. The van der Waals surface area contributed by atoms with Gasteiger partial charge in [-0.25, -0.2) is 0 Å². The Morgan fingerprint density at radius 1 is 0.325 bits per heavy atom. The van der Waals surface area contributed by atoms with Gasteiger partial charge < -0.3 is 0 Å². The number of thiophene rings is 2. The van der Waals surface area contributed by atoms with E-state index in [9.17, 15) is 0 Å². The summed E-state index contributed by atoms with van der Waals surface area (Å²) in [6.07, 6.45) is 0. The molecule has 0 saturated heterocycles. The molecule has 0 aliphatic carbocycles. The fourth-order valence-corrected chi connectivity index (χ4v) is 8.76. The molecule has 0 amide bonds. The Labute approximate surface area is 239 Å². The quantitative estimate of drug-likeness (QED) is 0.191. The molecule has 0 saturated carbocycles. The van der Waals surface area contributed by atoms with Crippen LogP contribution in [0.1, 0.15) is 0 Å². The van der Waals surface area contributed by atoms with E-state index in [0.717, 1.165) is 0 Å². The summed E-state index contributed by atoms with van der Waals surface area (Å²) in [5, 5.41) is 10.5. The van der Waals surface area contributed by atoms with Crippen molar-refractivity contribution in [1.82, 2.24) is 0 Å². The average molecular weight is 543 g/mol. The summed E-state index contributed by atoms with van der Waals surface area (Å²) in [7, 11) is 0. The van der Waals surface area contributed by atoms with E-state index >= 15 is 0 Å². The van der Waals surface area contributed by atoms with Crippen LogP contribution in [0, 0.1) is 0 Å². The third kappa shape index (κ3) is 3.30. The Balaban J connectivity index is 1.18. The summed E-state index contributed by atoms with van der Waals surface area (Å²) >= 11 is 3.79. The maximum atomic E-state index is 2.36. The minimum atomic E-state index is 1.27. The van der Waals surface area contributed by atoms with E-state index in [2.05, 4.69) is 133 Å². The highest BCUT2D eigenvalue weighted by Gasteiger charge is 2.13. The predicted octanol–water partition coefficient (Wildman–Crippen LogP) is 12.1. The predicted molar refractivity (Wildman–Crippen MR) is 178 cm³/mol. The minimum absolute atomic E-state index is 1.27. The fourth-order valence-electron chi connectivity index (χ4n) is 6.28. The van der Waals surface area contributed by atoms with Gasteiger partial charge >= 0.3 is 0 Å². The highest BCUT2D eigenvalue weighted by molar-refractivity contribution is 7.26. The molecule has 7 aromatic carbocycles. The van der Waals surface area contributed by atoms with Crippen LogP contribution in [0.5, 0.6) is 0 Å². The average Bonchev–Trinajstić information content (AvgIpc) is 3.58. The summed E-state index contributed by atoms with van der Waals surface area (Å²) < 4.78 is 5.42. The van der Waals surface area contributed by atoms with Crippen LogP contribution in [0.25, 0.3) is 84.1 Å². The molecule has 0 spiro atoms. The van der Waals surface area contributed by atoms with E-state index in [1.165, 1.54) is 84.1 Å². The Bertz CT molecular complexity index is 2260. The zero-order valence-corrected chi connectivity index (χ0v) is 23.2. The number of hydrogen-bond acceptors (Lipinski definition) is 2. The van der Waals surface area contributed by atoms with Crippen molar-refractivity contribution in [1.29, 1.82) is 0 Å². The van der Waals surface area contributed by atoms with Crippen LogP contribution in [0.4, 0.5) is 0 Å². The molecule has 0 unspecified atom stereocenters. The van der Waals surface area contributed by atoms with Crippen molar-refractivity contribution in [2.75, 3.05) is 0 Å². The second kappa shape index (κ2) is 8.50. The second-order valence-electron chi connectivity index (χ2n) is 10.5. The van der Waals surface area contributed by atoms with Gasteiger partial charge in [-0.2, -0.15) is 0 Å². The van der Waals surface area contributed by atoms with E-state index in [4.69, 9.17) is 0 Å². The number of benzene rings is 7. The van der Waals surface area contributed by atoms with Crippen LogP contribution >= 0.6 is 22.7 Å². The first-order valence-corrected chi connectivity index (χ1v) is 15.2. The van der Waals surface area contributed by atoms with E-state index in [-0.39, 0.29) is 0 Å². The molecule has 0 radical (unpaired) electrons. The molecule has 2 heteroatoms. The Kier molecular flexibility index (Phi) is 4.74. The summed E-state index contributed by atoms with van der Waals surface area (Å²) in [6, 6.07) is 49.5. The van der Waals surface area contributed by atoms with E-state index in [0.29, 0.717) is 0 Å². The van der Waals surface area contributed by atoms with Crippen molar-refractivity contribution in [3.8, 4) is 22.3 Å². The molecule has 40 heavy (non-hydrogen) atoms. The summed E-state index contributed by atoms with van der Waals surface area (Å²) in [5.74, 6) is 0. The number of fused-ring (bicyclic) bond motifs is 8. The van der Waals surface area contributed by atoms with Crippen LogP contribution < -0.4 is 0 Å². The summed E-state index contributed by atoms with van der Waals surface area (Å²) in [6.45, 7) is 0. The highest BCUT2D eigenvalue weighted by atomic mass is 32.1. The third-order valence-corrected chi connectivity index (χ3v) is 10.7. The first-order chi connectivity index (χ1) is 19.8. The molecule has 186 valence electrons. The lowest BCUT2D eigenvalue weighted by atomic mass is 9.95. The van der Waals surface area contributed by atoms with E-state index in [1.54, 1.807) is 0 Å². The molecule has 9 aromatic rings. The van der Waals surface area contributed by atoms with Crippen molar-refractivity contribution < 1.29 is 0 Å². The van der Waals surface area contributed by atoms with Gasteiger partial charge in [-0.15, -0.1) is 22.7 Å². The highest BCUT2D eigenvalue weighted by Crippen LogP contribution is 2.42. The molecule has 9 rings (SSSR count). The van der Waals surface area contributed by atoms with Crippen LogP contribution in [0.2, 0.25) is 0 Å². The van der Waals surface area contributed by atoms with Crippen LogP contribution in [-0.2, 0) is 0 Å². The molecule has 2 aromatic heterocycles. The second-order valence-corrected chi connectivity index (χ2v) is 12.6. The van der Waals surface area contributed by atoms with Crippen LogP contribution in [0.15, 0.2) is 133 Å². The van der Waals surface area contributed by atoms with Gasteiger partial charge in [0.15, 0.2) is 0 Å². The van der Waals surface area contributed by atoms with Gasteiger partial charge in [0.25, 0.3) is 0 Å². The summed E-state index contributed by atoms with van der Waals surface area (Å²) in [5.41, 5.74) is 5.18. The maximum absolute atomic E-state index is 2.36. The third-order valence-electron chi connectivity index (χ3n) is 8.23. The fraction of sp³-hybridized carbons (Fsp3) is 0. The molecule has 0 nitrogen and oxygen atoms in total. The summed E-state index contributed by atoms with van der Waals surface area (Å²) in [4.78, 5) is 0. The smallest absolute Gasteiger partial charge is 0.0433 e. The molecule has 0 bridgehead atoms. The lowest BCUT2D eigenvalue weighted by Gasteiger charge is -2.09. The SMILES string of the molecule is c1ccc2c(c1)sc1c(-c3ccc4cc5cc(-c6cccc7c6sc6ccccc67)ccc5cc4c3)cccc12. The standard InChI is InChI=1S/C38H22S2/c1-3-13-35-31(7-1)33-11-5-9-29(37(33)39-35)25-17-15-23-20-28-22-26(18-16-24(28)19-27(23)21-25)30-10-6-12-34-32-8-2-4-14-36(32)40-38(30)34/h1-22H. The van der Waals surface area contributed by atoms with Crippen molar-refractivity contribution in [2.24, 2.45) is 0 Å². The van der Waals surface area contributed by atoms with Gasteiger partial charge in [-0.1, -0.05) is 97.1 Å². The molecular formula is C38H22S2. The zero-order chi connectivity index (χ0) is 26.2. The zero-order valence-electron chi connectivity index (χ0n) is 21.5. The molecule has 0 fully saturated rings. The topological polar surface area (TPSA) is 0 Å². The van der Waals surface area contributed by atoms with Crippen molar-refractivity contribution in [3.63, 3.8) is 0 Å². The normalized spacial score (nSPS) is 12.0. The van der Waals surface area contributed by atoms with Gasteiger partial charge in [0, 0.05) is 40.3 Å². The number of rotatable bonds is 2. The Morgan fingerprint density at radius 3 is 1.27 bits per heavy atom. The van der Waals surface area contributed by atoms with Gasteiger partial charge in [-0.05, 0) is 80.2 Å². The lowest BCUT2D eigenvalue weighted by Crippen LogP contribution is -1.83. The van der Waals surface area contributed by atoms with E-state index in [1.807, 2.05) is 22.7 Å². The Hall–Kier alpha value is -4.50. The lowest BCUT2D eigenvalue weighted by molar-refractivity contribution is 1.70. The molecule has 2 heterocycles. The molecule has 0 aliphatic heterocycles. The van der Waals surface area contributed by atoms with Gasteiger partial charge in [-0.3, -0.25) is 0 Å². The van der Waals surface area contributed by atoms with Gasteiger partial charge in [0.05, 0.1) is 0 Å². The molecule has 0 aliphatic rings. The molecule has 0 N–H and O–H groups in total. The van der Waals surface area contributed by atoms with Crippen molar-refractivity contribution in [2.45, 2.75) is 0 Å². The van der Waals surface area contributed by atoms with Crippen molar-refractivity contribution in [3.05, 3.63) is 133 Å². The van der Waals surface area contributed by atoms with Crippen molar-refractivity contribution >= 4 is 84.6 Å². The number of hydrogen-bond donors (Lipinski definition) is 0. The monoisotopic (exact) mass is 542 g/mol. The molecule has 0 atom stereocenters.